The van der Waals surface area contributed by atoms with Crippen molar-refractivity contribution >= 4 is 23.4 Å². The highest BCUT2D eigenvalue weighted by molar-refractivity contribution is 7.07. The van der Waals surface area contributed by atoms with Crippen LogP contribution in [0.25, 0.3) is 11.8 Å². The summed E-state index contributed by atoms with van der Waals surface area (Å²) < 4.78 is 21.4. The number of benzene rings is 2. The number of hydrogen-bond acceptors (Lipinski definition) is 7. The van der Waals surface area contributed by atoms with Gasteiger partial charge >= 0.3 is 5.97 Å². The molecule has 2 aromatic carbocycles. The molecule has 0 amide bonds. The molecule has 44 heavy (non-hydrogen) atoms. The number of allylic oxidation sites excluding steroid dienone is 1. The van der Waals surface area contributed by atoms with Crippen molar-refractivity contribution < 1.29 is 19.0 Å². The molecule has 0 unspecified atom stereocenters. The van der Waals surface area contributed by atoms with Crippen molar-refractivity contribution in [1.82, 2.24) is 9.13 Å². The van der Waals surface area contributed by atoms with Crippen molar-refractivity contribution in [3.8, 4) is 17.2 Å². The van der Waals surface area contributed by atoms with Crippen LogP contribution in [-0.2, 0) is 9.53 Å². The number of ether oxygens (including phenoxy) is 3. The molecule has 0 saturated heterocycles. The quantitative estimate of drug-likeness (QED) is 0.241. The first-order chi connectivity index (χ1) is 20.9. The van der Waals surface area contributed by atoms with E-state index >= 15 is 0 Å². The third kappa shape index (κ3) is 5.76. The Hall–Kier alpha value is -4.37. The number of nitrogens with zero attached hydrogens (tertiary/aromatic N) is 3. The van der Waals surface area contributed by atoms with Crippen molar-refractivity contribution in [2.45, 2.75) is 67.5 Å². The summed E-state index contributed by atoms with van der Waals surface area (Å²) >= 11 is 1.31. The van der Waals surface area contributed by atoms with Gasteiger partial charge in [0.05, 0.1) is 41.7 Å². The van der Waals surface area contributed by atoms with Gasteiger partial charge in [-0.2, -0.15) is 0 Å². The molecular formula is C35H39N3O5S. The van der Waals surface area contributed by atoms with Crippen molar-refractivity contribution in [3.05, 3.63) is 107 Å². The van der Waals surface area contributed by atoms with Crippen LogP contribution in [0.15, 0.2) is 63.5 Å². The lowest BCUT2D eigenvalue weighted by Gasteiger charge is -2.25. The summed E-state index contributed by atoms with van der Waals surface area (Å²) in [5.74, 6) is 0.581. The Morgan fingerprint density at radius 1 is 1.02 bits per heavy atom. The maximum Gasteiger partial charge on any atom is 0.338 e. The Labute approximate surface area is 261 Å². The lowest BCUT2D eigenvalue weighted by molar-refractivity contribution is -0.139. The van der Waals surface area contributed by atoms with Crippen LogP contribution in [0.3, 0.4) is 0 Å². The fourth-order valence-corrected chi connectivity index (χ4v) is 6.90. The zero-order valence-electron chi connectivity index (χ0n) is 26.8. The average molecular weight is 614 g/mol. The summed E-state index contributed by atoms with van der Waals surface area (Å²) in [6.07, 6.45) is 1.87. The van der Waals surface area contributed by atoms with E-state index in [4.69, 9.17) is 19.2 Å². The van der Waals surface area contributed by atoms with Gasteiger partial charge in [-0.1, -0.05) is 23.5 Å². The molecule has 8 nitrogen and oxygen atoms in total. The Balaban J connectivity index is 1.69. The number of esters is 1. The van der Waals surface area contributed by atoms with Gasteiger partial charge in [0.15, 0.2) is 16.3 Å². The van der Waals surface area contributed by atoms with Gasteiger partial charge in [0.2, 0.25) is 0 Å². The van der Waals surface area contributed by atoms with E-state index in [9.17, 15) is 9.59 Å². The van der Waals surface area contributed by atoms with Crippen LogP contribution < -0.4 is 24.4 Å². The van der Waals surface area contributed by atoms with Gasteiger partial charge < -0.3 is 18.8 Å². The standard InChI is InChI=1S/C35H39N3O5S/c1-10-42-34(40)31-23(7)36-35-38(32(31)25-11-12-28(43-19(2)3)29(17-25)41-9)33(39)30(44-35)18-26-16-22(6)37(24(26)8)27-14-20(4)13-21(5)15-27/h11-19,32H,10H2,1-9H3/b30-18-/t32-/m0/s1. The van der Waals surface area contributed by atoms with Crippen LogP contribution in [0, 0.1) is 27.7 Å². The molecule has 0 N–H and O–H groups in total. The third-order valence-corrected chi connectivity index (χ3v) is 8.59. The van der Waals surface area contributed by atoms with Crippen LogP contribution in [0.5, 0.6) is 11.5 Å². The van der Waals surface area contributed by atoms with Gasteiger partial charge in [-0.15, -0.1) is 0 Å². The number of thiazole rings is 1. The lowest BCUT2D eigenvalue weighted by Crippen LogP contribution is -2.40. The minimum absolute atomic E-state index is 0.0541. The molecule has 4 aromatic rings. The normalized spacial score (nSPS) is 15.0. The molecule has 0 spiro atoms. The van der Waals surface area contributed by atoms with E-state index in [0.717, 1.165) is 22.6 Å². The van der Waals surface area contributed by atoms with E-state index in [1.165, 1.54) is 22.5 Å². The molecule has 1 atom stereocenters. The maximum absolute atomic E-state index is 14.2. The van der Waals surface area contributed by atoms with Crippen LogP contribution in [-0.4, -0.2) is 34.9 Å². The van der Waals surface area contributed by atoms with E-state index < -0.39 is 12.0 Å². The third-order valence-electron chi connectivity index (χ3n) is 7.60. The summed E-state index contributed by atoms with van der Waals surface area (Å²) in [4.78, 5) is 32.8. The van der Waals surface area contributed by atoms with Gasteiger partial charge in [0, 0.05) is 17.1 Å². The smallest absolute Gasteiger partial charge is 0.338 e. The molecule has 0 saturated carbocycles. The van der Waals surface area contributed by atoms with Crippen LogP contribution in [0.2, 0.25) is 0 Å². The molecule has 9 heteroatoms. The number of rotatable bonds is 8. The molecule has 5 rings (SSSR count). The zero-order valence-corrected chi connectivity index (χ0v) is 27.6. The first-order valence-corrected chi connectivity index (χ1v) is 15.6. The molecule has 1 aliphatic rings. The minimum Gasteiger partial charge on any atom is -0.493 e. The molecule has 0 aliphatic carbocycles. The number of aromatic nitrogens is 2. The van der Waals surface area contributed by atoms with E-state index in [1.54, 1.807) is 25.5 Å². The highest BCUT2D eigenvalue weighted by Gasteiger charge is 2.34. The Morgan fingerprint density at radius 3 is 2.36 bits per heavy atom. The Morgan fingerprint density at radius 2 is 1.73 bits per heavy atom. The van der Waals surface area contributed by atoms with E-state index in [1.807, 2.05) is 38.1 Å². The van der Waals surface area contributed by atoms with Crippen LogP contribution >= 0.6 is 11.3 Å². The number of carbonyl (C=O) groups excluding carboxylic acids is 1. The number of hydrogen-bond donors (Lipinski definition) is 0. The van der Waals surface area contributed by atoms with E-state index in [0.29, 0.717) is 37.7 Å². The molecule has 1 aliphatic heterocycles. The number of aryl methyl sites for hydroxylation is 3. The summed E-state index contributed by atoms with van der Waals surface area (Å²) in [6.45, 7) is 15.9. The lowest BCUT2D eigenvalue weighted by atomic mass is 9.95. The topological polar surface area (TPSA) is 84.1 Å². The summed E-state index contributed by atoms with van der Waals surface area (Å²) in [5, 5.41) is 0. The van der Waals surface area contributed by atoms with Gasteiger partial charge in [0.25, 0.3) is 5.56 Å². The van der Waals surface area contributed by atoms with Crippen molar-refractivity contribution in [2.24, 2.45) is 4.99 Å². The van der Waals surface area contributed by atoms with Crippen molar-refractivity contribution in [1.29, 1.82) is 0 Å². The maximum atomic E-state index is 14.2. The van der Waals surface area contributed by atoms with Gasteiger partial charge in [-0.3, -0.25) is 9.36 Å². The van der Waals surface area contributed by atoms with E-state index in [2.05, 4.69) is 56.5 Å². The van der Waals surface area contributed by atoms with E-state index in [-0.39, 0.29) is 18.3 Å². The monoisotopic (exact) mass is 613 g/mol. The largest absolute Gasteiger partial charge is 0.493 e. The molecule has 2 aromatic heterocycles. The van der Waals surface area contributed by atoms with Crippen LogP contribution in [0.4, 0.5) is 0 Å². The second kappa shape index (κ2) is 12.3. The summed E-state index contributed by atoms with van der Waals surface area (Å²) in [6, 6.07) is 13.3. The first kappa shape index (κ1) is 31.1. The number of carbonyl (C=O) groups is 1. The number of fused-ring (bicyclic) bond motifs is 1. The molecular weight excluding hydrogens is 574 g/mol. The second-order valence-electron chi connectivity index (χ2n) is 11.4. The summed E-state index contributed by atoms with van der Waals surface area (Å²) in [7, 11) is 1.57. The molecule has 0 bridgehead atoms. The average Bonchev–Trinajstić information content (AvgIpc) is 3.40. The summed E-state index contributed by atoms with van der Waals surface area (Å²) in [5.41, 5.74) is 7.81. The molecule has 3 heterocycles. The van der Waals surface area contributed by atoms with Crippen LogP contribution in [0.1, 0.15) is 67.4 Å². The molecule has 230 valence electrons. The highest BCUT2D eigenvalue weighted by atomic mass is 32.1. The number of methoxy groups -OCH3 is 1. The predicted octanol–water partition coefficient (Wildman–Crippen LogP) is 5.62. The Kier molecular flexibility index (Phi) is 8.70. The molecule has 0 radical (unpaired) electrons. The van der Waals surface area contributed by atoms with Gasteiger partial charge in [-0.25, -0.2) is 9.79 Å². The van der Waals surface area contributed by atoms with Crippen molar-refractivity contribution in [3.63, 3.8) is 0 Å². The van der Waals surface area contributed by atoms with Gasteiger partial charge in [-0.05, 0) is 114 Å². The fraction of sp³-hybridized carbons (Fsp3) is 0.343. The highest BCUT2D eigenvalue weighted by Crippen LogP contribution is 2.36. The second-order valence-corrected chi connectivity index (χ2v) is 12.4. The van der Waals surface area contributed by atoms with Gasteiger partial charge in [0.1, 0.15) is 0 Å². The predicted molar refractivity (Wildman–Crippen MR) is 174 cm³/mol. The van der Waals surface area contributed by atoms with Crippen molar-refractivity contribution in [2.75, 3.05) is 13.7 Å². The SMILES string of the molecule is CCOC(=O)C1=C(C)N=c2s/c(=C\c3cc(C)n(-c4cc(C)cc(C)c4)c3C)c(=O)n2[C@H]1c1ccc(OC(C)C)c(OC)c1. The zero-order chi connectivity index (χ0) is 31.9. The minimum atomic E-state index is -0.753. The Bertz CT molecular complexity index is 1960. The molecule has 0 fully saturated rings. The first-order valence-electron chi connectivity index (χ1n) is 14.7. The fourth-order valence-electron chi connectivity index (χ4n) is 5.86.